The van der Waals surface area contributed by atoms with E-state index in [9.17, 15) is 9.18 Å². The number of aromatic amines is 1. The van der Waals surface area contributed by atoms with Crippen LogP contribution in [0.4, 0.5) is 9.18 Å². The Morgan fingerprint density at radius 3 is 3.11 bits per heavy atom. The van der Waals surface area contributed by atoms with E-state index in [1.807, 2.05) is 11.8 Å². The highest BCUT2D eigenvalue weighted by Crippen LogP contribution is 2.43. The summed E-state index contributed by atoms with van der Waals surface area (Å²) in [6.07, 6.45) is 6.09. The highest BCUT2D eigenvalue weighted by atomic mass is 19.1. The number of carbonyl (C=O) groups excluding carboxylic acids is 1. The molecule has 0 bridgehead atoms. The molecule has 3 aromatic rings. The Morgan fingerprint density at radius 1 is 1.36 bits per heavy atom. The predicted molar refractivity (Wildman–Crippen MR) is 103 cm³/mol. The first-order chi connectivity index (χ1) is 13.6. The third-order valence-corrected chi connectivity index (χ3v) is 6.09. The summed E-state index contributed by atoms with van der Waals surface area (Å²) >= 11 is 0. The minimum absolute atomic E-state index is 0.00817. The Bertz CT molecular complexity index is 1060. The third-order valence-electron chi connectivity index (χ3n) is 6.09. The number of aryl methyl sites for hydroxylation is 1. The van der Waals surface area contributed by atoms with Gasteiger partial charge < -0.3 is 15.2 Å². The van der Waals surface area contributed by atoms with Crippen LogP contribution in [0, 0.1) is 5.82 Å². The van der Waals surface area contributed by atoms with Crippen molar-refractivity contribution >= 4 is 17.1 Å². The molecule has 1 saturated heterocycles. The molecule has 7 nitrogen and oxygen atoms in total. The maximum absolute atomic E-state index is 14.0. The van der Waals surface area contributed by atoms with Crippen LogP contribution in [-0.4, -0.2) is 50.3 Å². The van der Waals surface area contributed by atoms with Gasteiger partial charge in [-0.3, -0.25) is 4.68 Å². The Morgan fingerprint density at radius 2 is 2.25 bits per heavy atom. The standard InChI is InChI=1S/C20H23FN6O/c1-2-22-19(28)26-7-5-20(12-26)4-3-6-27-17(20)9-16(25-27)13-8-14-15(21)11-24-18(14)23-10-13/h8-11H,2-7,12H2,1H3,(H,22,28)(H,23,24). The summed E-state index contributed by atoms with van der Waals surface area (Å²) in [6, 6.07) is 3.91. The summed E-state index contributed by atoms with van der Waals surface area (Å²) < 4.78 is 16.0. The number of hydrogen-bond donors (Lipinski definition) is 2. The Balaban J connectivity index is 1.50. The number of halogens is 1. The maximum atomic E-state index is 14.0. The summed E-state index contributed by atoms with van der Waals surface area (Å²) in [4.78, 5) is 21.3. The quantitative estimate of drug-likeness (QED) is 0.715. The molecule has 1 spiro atoms. The summed E-state index contributed by atoms with van der Waals surface area (Å²) in [5.74, 6) is -0.307. The van der Waals surface area contributed by atoms with Gasteiger partial charge in [0.1, 0.15) is 11.5 Å². The van der Waals surface area contributed by atoms with Gasteiger partial charge in [0.15, 0.2) is 0 Å². The molecule has 146 valence electrons. The van der Waals surface area contributed by atoms with E-state index in [0.29, 0.717) is 24.1 Å². The smallest absolute Gasteiger partial charge is 0.317 e. The largest absolute Gasteiger partial charge is 0.343 e. The van der Waals surface area contributed by atoms with Crippen LogP contribution < -0.4 is 5.32 Å². The first kappa shape index (κ1) is 17.2. The van der Waals surface area contributed by atoms with Gasteiger partial charge in [-0.2, -0.15) is 5.10 Å². The lowest BCUT2D eigenvalue weighted by atomic mass is 9.77. The molecule has 3 aromatic heterocycles. The van der Waals surface area contributed by atoms with Gasteiger partial charge in [-0.1, -0.05) is 0 Å². The Hall–Kier alpha value is -2.90. The second-order valence-electron chi connectivity index (χ2n) is 7.79. The molecule has 2 N–H and O–H groups in total. The van der Waals surface area contributed by atoms with Crippen LogP contribution in [0.2, 0.25) is 0 Å². The summed E-state index contributed by atoms with van der Waals surface area (Å²) in [5, 5.41) is 8.17. The fraction of sp³-hybridized carbons (Fsp3) is 0.450. The van der Waals surface area contributed by atoms with Crippen LogP contribution in [0.1, 0.15) is 31.9 Å². The molecule has 5 rings (SSSR count). The molecular formula is C20H23FN6O. The van der Waals surface area contributed by atoms with Crippen LogP contribution in [0.25, 0.3) is 22.3 Å². The summed E-state index contributed by atoms with van der Waals surface area (Å²) in [6.45, 7) is 4.91. The fourth-order valence-corrected chi connectivity index (χ4v) is 4.68. The maximum Gasteiger partial charge on any atom is 0.317 e. The molecule has 2 aliphatic rings. The zero-order valence-electron chi connectivity index (χ0n) is 15.8. The number of pyridine rings is 1. The van der Waals surface area contributed by atoms with Gasteiger partial charge in [0.2, 0.25) is 0 Å². The van der Waals surface area contributed by atoms with Crippen molar-refractivity contribution in [3.8, 4) is 11.3 Å². The first-order valence-electron chi connectivity index (χ1n) is 9.84. The minimum atomic E-state index is -0.307. The molecule has 2 amide bonds. The molecule has 0 aromatic carbocycles. The second-order valence-corrected chi connectivity index (χ2v) is 7.79. The molecule has 0 aliphatic carbocycles. The van der Waals surface area contributed by atoms with Gasteiger partial charge in [-0.25, -0.2) is 14.2 Å². The van der Waals surface area contributed by atoms with Crippen LogP contribution >= 0.6 is 0 Å². The molecular weight excluding hydrogens is 359 g/mol. The van der Waals surface area contributed by atoms with Crippen LogP contribution in [-0.2, 0) is 12.0 Å². The lowest BCUT2D eigenvalue weighted by Crippen LogP contribution is -2.42. The van der Waals surface area contributed by atoms with E-state index in [-0.39, 0.29) is 17.3 Å². The van der Waals surface area contributed by atoms with Gasteiger partial charge in [-0.05, 0) is 38.3 Å². The summed E-state index contributed by atoms with van der Waals surface area (Å²) in [5.41, 5.74) is 3.28. The van der Waals surface area contributed by atoms with Gasteiger partial charge in [-0.15, -0.1) is 0 Å². The van der Waals surface area contributed by atoms with Crippen molar-refractivity contribution in [3.05, 3.63) is 36.0 Å². The average Bonchev–Trinajstić information content (AvgIpc) is 3.41. The highest BCUT2D eigenvalue weighted by molar-refractivity contribution is 5.81. The number of hydrogen-bond acceptors (Lipinski definition) is 3. The SMILES string of the molecule is CCNC(=O)N1CCC2(CCCn3nc(-c4cnc5[nH]cc(F)c5c4)cc32)C1. The lowest BCUT2D eigenvalue weighted by molar-refractivity contribution is 0.203. The van der Waals surface area contributed by atoms with E-state index in [4.69, 9.17) is 5.10 Å². The summed E-state index contributed by atoms with van der Waals surface area (Å²) in [7, 11) is 0. The minimum Gasteiger partial charge on any atom is -0.343 e. The van der Waals surface area contributed by atoms with Crippen molar-refractivity contribution in [2.75, 3.05) is 19.6 Å². The van der Waals surface area contributed by atoms with Crippen molar-refractivity contribution in [2.45, 2.75) is 38.1 Å². The number of nitrogens with zero attached hydrogens (tertiary/aromatic N) is 4. The number of H-pyrrole nitrogens is 1. The van der Waals surface area contributed by atoms with E-state index < -0.39 is 0 Å². The highest BCUT2D eigenvalue weighted by Gasteiger charge is 2.45. The van der Waals surface area contributed by atoms with Crippen LogP contribution in [0.3, 0.4) is 0 Å². The molecule has 5 heterocycles. The molecule has 8 heteroatoms. The molecule has 1 fully saturated rings. The van der Waals surface area contributed by atoms with Gasteiger partial charge in [0.25, 0.3) is 0 Å². The number of rotatable bonds is 2. The van der Waals surface area contributed by atoms with Gasteiger partial charge in [0, 0.05) is 55.2 Å². The van der Waals surface area contributed by atoms with E-state index in [1.54, 1.807) is 12.3 Å². The molecule has 0 radical (unpaired) electrons. The second kappa shape index (κ2) is 6.32. The number of fused-ring (bicyclic) bond motifs is 3. The monoisotopic (exact) mass is 382 g/mol. The molecule has 1 atom stereocenters. The Labute approximate surface area is 161 Å². The van der Waals surface area contributed by atoms with Crippen LogP contribution in [0.15, 0.2) is 24.5 Å². The van der Waals surface area contributed by atoms with E-state index in [0.717, 1.165) is 43.6 Å². The number of aromatic nitrogens is 4. The lowest BCUT2D eigenvalue weighted by Gasteiger charge is -2.34. The molecule has 1 unspecified atom stereocenters. The number of carbonyl (C=O) groups is 1. The number of nitrogens with one attached hydrogen (secondary N) is 2. The fourth-order valence-electron chi connectivity index (χ4n) is 4.68. The first-order valence-corrected chi connectivity index (χ1v) is 9.84. The molecule has 0 saturated carbocycles. The van der Waals surface area contributed by atoms with Crippen LogP contribution in [0.5, 0.6) is 0 Å². The zero-order valence-corrected chi connectivity index (χ0v) is 15.8. The van der Waals surface area contributed by atoms with Crippen molar-refractivity contribution in [1.82, 2.24) is 30.0 Å². The van der Waals surface area contributed by atoms with Crippen molar-refractivity contribution < 1.29 is 9.18 Å². The number of likely N-dealkylation sites (tertiary alicyclic amines) is 1. The predicted octanol–water partition coefficient (Wildman–Crippen LogP) is 3.03. The van der Waals surface area contributed by atoms with Crippen molar-refractivity contribution in [2.24, 2.45) is 0 Å². The van der Waals surface area contributed by atoms with Gasteiger partial charge in [0.05, 0.1) is 11.1 Å². The molecule has 28 heavy (non-hydrogen) atoms. The Kier molecular flexibility index (Phi) is 3.89. The van der Waals surface area contributed by atoms with E-state index in [1.165, 1.54) is 11.9 Å². The van der Waals surface area contributed by atoms with E-state index >= 15 is 0 Å². The topological polar surface area (TPSA) is 78.8 Å². The normalized spacial score (nSPS) is 21.4. The number of urea groups is 1. The zero-order chi connectivity index (χ0) is 19.3. The van der Waals surface area contributed by atoms with Gasteiger partial charge >= 0.3 is 6.03 Å². The number of amides is 2. The van der Waals surface area contributed by atoms with E-state index in [2.05, 4.69) is 26.0 Å². The van der Waals surface area contributed by atoms with Crippen molar-refractivity contribution in [1.29, 1.82) is 0 Å². The average molecular weight is 382 g/mol. The van der Waals surface area contributed by atoms with Crippen molar-refractivity contribution in [3.63, 3.8) is 0 Å². The molecule has 2 aliphatic heterocycles. The third kappa shape index (κ3) is 2.58.